The molecule has 0 aliphatic rings. The molecule has 6 nitrogen and oxygen atoms in total. The molecule has 0 bridgehead atoms. The number of ether oxygens (including phenoxy) is 2. The molecule has 170 valence electrons. The summed E-state index contributed by atoms with van der Waals surface area (Å²) >= 11 is 0. The zero-order valence-corrected chi connectivity index (χ0v) is 18.8. The van der Waals surface area contributed by atoms with Crippen LogP contribution in [0.3, 0.4) is 0 Å². The maximum absolute atomic E-state index is 13.9. The van der Waals surface area contributed by atoms with Crippen LogP contribution in [0.15, 0.2) is 54.9 Å². The molecular weight excluding hydrogens is 409 g/mol. The second-order valence-corrected chi connectivity index (χ2v) is 7.63. The summed E-state index contributed by atoms with van der Waals surface area (Å²) in [6, 6.07) is 10.6. The summed E-state index contributed by atoms with van der Waals surface area (Å²) in [7, 11) is 3.38. The van der Waals surface area contributed by atoms with Gasteiger partial charge in [-0.1, -0.05) is 38.3 Å². The number of rotatable bonds is 11. The van der Waals surface area contributed by atoms with Crippen LogP contribution in [0.25, 0.3) is 0 Å². The van der Waals surface area contributed by atoms with E-state index >= 15 is 0 Å². The largest absolute Gasteiger partial charge is 0.493 e. The molecule has 1 atom stereocenters. The summed E-state index contributed by atoms with van der Waals surface area (Å²) in [5.41, 5.74) is 1.02. The molecule has 0 saturated carbocycles. The van der Waals surface area contributed by atoms with E-state index in [2.05, 4.69) is 17.2 Å². The Morgan fingerprint density at radius 2 is 2.00 bits per heavy atom. The molecule has 1 N–H and O–H groups in total. The molecule has 1 heterocycles. The van der Waals surface area contributed by atoms with E-state index in [1.54, 1.807) is 54.4 Å². The van der Waals surface area contributed by atoms with E-state index in [1.165, 1.54) is 25.0 Å². The standard InChI is InChI=1S/C25H30FN3O3/c1-4-5-6-7-15-32-21-12-11-19(17-22(21)31-3)25(30)28-23(24-27-13-14-29(24)2)18-9-8-10-20(26)16-18/h8-14,16-17,23H,4-7,15H2,1-3H3,(H,28,30). The van der Waals surface area contributed by atoms with Crippen molar-refractivity contribution in [2.24, 2.45) is 7.05 Å². The number of benzene rings is 2. The van der Waals surface area contributed by atoms with Crippen LogP contribution in [0.2, 0.25) is 0 Å². The number of aromatic nitrogens is 2. The Kier molecular flexibility index (Phi) is 8.25. The van der Waals surface area contributed by atoms with Gasteiger partial charge in [0.25, 0.3) is 5.91 Å². The summed E-state index contributed by atoms with van der Waals surface area (Å²) in [4.78, 5) is 17.4. The van der Waals surface area contributed by atoms with Gasteiger partial charge in [-0.2, -0.15) is 0 Å². The number of unbranched alkanes of at least 4 members (excludes halogenated alkanes) is 3. The van der Waals surface area contributed by atoms with Crippen molar-refractivity contribution in [1.82, 2.24) is 14.9 Å². The van der Waals surface area contributed by atoms with Crippen molar-refractivity contribution in [3.05, 3.63) is 77.6 Å². The fourth-order valence-corrected chi connectivity index (χ4v) is 3.49. The number of hydrogen-bond acceptors (Lipinski definition) is 4. The number of methoxy groups -OCH3 is 1. The van der Waals surface area contributed by atoms with Crippen molar-refractivity contribution in [3.8, 4) is 11.5 Å². The minimum Gasteiger partial charge on any atom is -0.493 e. The van der Waals surface area contributed by atoms with Crippen LogP contribution < -0.4 is 14.8 Å². The SMILES string of the molecule is CCCCCCOc1ccc(C(=O)NC(c2cccc(F)c2)c2nccn2C)cc1OC. The molecule has 0 aliphatic carbocycles. The predicted octanol–water partition coefficient (Wildman–Crippen LogP) is 5.05. The van der Waals surface area contributed by atoms with Crippen molar-refractivity contribution in [2.75, 3.05) is 13.7 Å². The monoisotopic (exact) mass is 439 g/mol. The third kappa shape index (κ3) is 5.87. The number of imidazole rings is 1. The van der Waals surface area contributed by atoms with E-state index in [-0.39, 0.29) is 11.7 Å². The van der Waals surface area contributed by atoms with Crippen molar-refractivity contribution >= 4 is 5.91 Å². The van der Waals surface area contributed by atoms with E-state index in [4.69, 9.17) is 9.47 Å². The number of amides is 1. The van der Waals surface area contributed by atoms with Gasteiger partial charge in [0.1, 0.15) is 17.7 Å². The van der Waals surface area contributed by atoms with Crippen LogP contribution in [0.4, 0.5) is 4.39 Å². The van der Waals surface area contributed by atoms with Gasteiger partial charge in [0.15, 0.2) is 11.5 Å². The summed E-state index contributed by atoms with van der Waals surface area (Å²) in [5, 5.41) is 2.97. The molecule has 0 spiro atoms. The number of halogens is 1. The first-order valence-corrected chi connectivity index (χ1v) is 10.9. The highest BCUT2D eigenvalue weighted by Crippen LogP contribution is 2.29. The van der Waals surface area contributed by atoms with Gasteiger partial charge in [0.2, 0.25) is 0 Å². The quantitative estimate of drug-likeness (QED) is 0.425. The van der Waals surface area contributed by atoms with Gasteiger partial charge in [-0.3, -0.25) is 4.79 Å². The Balaban J connectivity index is 1.78. The molecule has 1 unspecified atom stereocenters. The lowest BCUT2D eigenvalue weighted by atomic mass is 10.0. The van der Waals surface area contributed by atoms with Crippen LogP contribution >= 0.6 is 0 Å². The minimum absolute atomic E-state index is 0.324. The van der Waals surface area contributed by atoms with E-state index < -0.39 is 6.04 Å². The Bertz CT molecular complexity index is 1030. The molecule has 1 aromatic heterocycles. The number of hydrogen-bond donors (Lipinski definition) is 1. The third-order valence-corrected chi connectivity index (χ3v) is 5.26. The van der Waals surface area contributed by atoms with Crippen LogP contribution in [-0.2, 0) is 7.05 Å². The number of carbonyl (C=O) groups excluding carboxylic acids is 1. The molecule has 2 aromatic carbocycles. The molecule has 1 amide bonds. The van der Waals surface area contributed by atoms with E-state index in [1.807, 2.05) is 7.05 Å². The summed E-state index contributed by atoms with van der Waals surface area (Å²) in [6.07, 6.45) is 7.86. The highest BCUT2D eigenvalue weighted by Gasteiger charge is 2.22. The highest BCUT2D eigenvalue weighted by molar-refractivity contribution is 5.95. The molecule has 3 aromatic rings. The molecule has 0 saturated heterocycles. The third-order valence-electron chi connectivity index (χ3n) is 5.26. The molecule has 0 radical (unpaired) electrons. The molecule has 32 heavy (non-hydrogen) atoms. The molecule has 0 fully saturated rings. The molecular formula is C25H30FN3O3. The molecule has 7 heteroatoms. The van der Waals surface area contributed by atoms with Crippen LogP contribution in [0, 0.1) is 5.82 Å². The Morgan fingerprint density at radius 1 is 1.16 bits per heavy atom. The number of nitrogens with one attached hydrogen (secondary N) is 1. The lowest BCUT2D eigenvalue weighted by Crippen LogP contribution is -2.31. The smallest absolute Gasteiger partial charge is 0.252 e. The average molecular weight is 440 g/mol. The number of carbonyl (C=O) groups is 1. The van der Waals surface area contributed by atoms with Crippen LogP contribution in [0.5, 0.6) is 11.5 Å². The summed E-state index contributed by atoms with van der Waals surface area (Å²) in [6.45, 7) is 2.77. The fourth-order valence-electron chi connectivity index (χ4n) is 3.49. The first kappa shape index (κ1) is 23.3. The van der Waals surface area contributed by atoms with Crippen molar-refractivity contribution < 1.29 is 18.7 Å². The van der Waals surface area contributed by atoms with Gasteiger partial charge in [0, 0.05) is 25.0 Å². The first-order chi connectivity index (χ1) is 15.5. The minimum atomic E-state index is -0.612. The second-order valence-electron chi connectivity index (χ2n) is 7.63. The van der Waals surface area contributed by atoms with Crippen molar-refractivity contribution in [2.45, 2.75) is 38.6 Å². The average Bonchev–Trinajstić information content (AvgIpc) is 3.22. The van der Waals surface area contributed by atoms with Gasteiger partial charge in [-0.25, -0.2) is 9.37 Å². The van der Waals surface area contributed by atoms with Gasteiger partial charge < -0.3 is 19.4 Å². The Labute approximate surface area is 188 Å². The number of aryl methyl sites for hydroxylation is 1. The van der Waals surface area contributed by atoms with Gasteiger partial charge in [-0.05, 0) is 42.3 Å². The summed E-state index contributed by atoms with van der Waals surface area (Å²) in [5.74, 6) is 0.995. The second kappa shape index (κ2) is 11.3. The van der Waals surface area contributed by atoms with Gasteiger partial charge >= 0.3 is 0 Å². The normalized spacial score (nSPS) is 11.8. The topological polar surface area (TPSA) is 65.4 Å². The van der Waals surface area contributed by atoms with Crippen LogP contribution in [0.1, 0.15) is 60.4 Å². The molecule has 0 aliphatic heterocycles. The van der Waals surface area contributed by atoms with E-state index in [9.17, 15) is 9.18 Å². The molecule has 3 rings (SSSR count). The lowest BCUT2D eigenvalue weighted by Gasteiger charge is -2.20. The summed E-state index contributed by atoms with van der Waals surface area (Å²) < 4.78 is 26.9. The Hall–Kier alpha value is -3.35. The Morgan fingerprint density at radius 3 is 2.69 bits per heavy atom. The predicted molar refractivity (Wildman–Crippen MR) is 122 cm³/mol. The first-order valence-electron chi connectivity index (χ1n) is 10.9. The maximum atomic E-state index is 13.9. The van der Waals surface area contributed by atoms with Crippen LogP contribution in [-0.4, -0.2) is 29.2 Å². The van der Waals surface area contributed by atoms with Gasteiger partial charge in [0.05, 0.1) is 13.7 Å². The lowest BCUT2D eigenvalue weighted by molar-refractivity contribution is 0.0940. The zero-order valence-electron chi connectivity index (χ0n) is 18.8. The van der Waals surface area contributed by atoms with Crippen molar-refractivity contribution in [1.29, 1.82) is 0 Å². The number of nitrogens with zero attached hydrogens (tertiary/aromatic N) is 2. The van der Waals surface area contributed by atoms with E-state index in [0.717, 1.165) is 12.8 Å². The zero-order chi connectivity index (χ0) is 22.9. The van der Waals surface area contributed by atoms with E-state index in [0.29, 0.717) is 35.1 Å². The van der Waals surface area contributed by atoms with Crippen molar-refractivity contribution in [3.63, 3.8) is 0 Å². The fraction of sp³-hybridized carbons (Fsp3) is 0.360. The van der Waals surface area contributed by atoms with Gasteiger partial charge in [-0.15, -0.1) is 0 Å². The maximum Gasteiger partial charge on any atom is 0.252 e. The highest BCUT2D eigenvalue weighted by atomic mass is 19.1.